The number of hydrogen-bond donors (Lipinski definition) is 0. The minimum Gasteiger partial charge on any atom is -0.383 e. The van der Waals surface area contributed by atoms with Gasteiger partial charge in [-0.2, -0.15) is 0 Å². The van der Waals surface area contributed by atoms with E-state index < -0.39 is 0 Å². The molecule has 0 fully saturated rings. The van der Waals surface area contributed by atoms with Crippen LogP contribution >= 0.6 is 15.9 Å². The molecule has 0 N–H and O–H groups in total. The third-order valence-electron chi connectivity index (χ3n) is 2.17. The number of hydrogen-bond acceptors (Lipinski definition) is 4. The Balaban J connectivity index is 2.53. The van der Waals surface area contributed by atoms with Gasteiger partial charge in [0.1, 0.15) is 0 Å². The quantitative estimate of drug-likeness (QED) is 0.849. The van der Waals surface area contributed by atoms with E-state index in [9.17, 15) is 4.79 Å². The zero-order valence-corrected chi connectivity index (χ0v) is 10.3. The summed E-state index contributed by atoms with van der Waals surface area (Å²) >= 11 is 3.29. The number of pyridine rings is 1. The lowest BCUT2D eigenvalue weighted by Gasteiger charge is -2.04. The molecule has 84 valence electrons. The predicted octanol–water partition coefficient (Wildman–Crippen LogP) is 1.20. The monoisotopic (exact) mass is 283 g/mol. The predicted molar refractivity (Wildman–Crippen MR) is 63.4 cm³/mol. The van der Waals surface area contributed by atoms with E-state index >= 15 is 0 Å². The van der Waals surface area contributed by atoms with Crippen molar-refractivity contribution < 1.29 is 4.74 Å². The van der Waals surface area contributed by atoms with E-state index in [0.717, 1.165) is 4.47 Å². The summed E-state index contributed by atoms with van der Waals surface area (Å²) in [4.78, 5) is 20.2. The van der Waals surface area contributed by atoms with Gasteiger partial charge in [-0.05, 0) is 22.0 Å². The van der Waals surface area contributed by atoms with Gasteiger partial charge in [0.2, 0.25) is 0 Å². The highest BCUT2D eigenvalue weighted by Gasteiger charge is 2.05. The van der Waals surface area contributed by atoms with Crippen LogP contribution in [0.4, 0.5) is 0 Å². The van der Waals surface area contributed by atoms with Crippen LogP contribution in [0.2, 0.25) is 0 Å². The number of halogens is 1. The van der Waals surface area contributed by atoms with Crippen molar-refractivity contribution in [1.82, 2.24) is 14.5 Å². The lowest BCUT2D eigenvalue weighted by molar-refractivity contribution is 0.186. The molecular formula is C10H10BrN3O2. The summed E-state index contributed by atoms with van der Waals surface area (Å²) in [5, 5.41) is 0. The minimum atomic E-state index is -0.144. The van der Waals surface area contributed by atoms with Gasteiger partial charge in [-0.1, -0.05) is 0 Å². The molecule has 0 saturated heterocycles. The van der Waals surface area contributed by atoms with Crippen molar-refractivity contribution in [2.75, 3.05) is 13.7 Å². The lowest BCUT2D eigenvalue weighted by atomic mass is 10.3. The second-order valence-electron chi connectivity index (χ2n) is 3.26. The molecule has 0 aliphatic heterocycles. The fourth-order valence-electron chi connectivity index (χ4n) is 1.36. The Bertz CT molecular complexity index is 567. The first-order valence-electron chi connectivity index (χ1n) is 4.72. The average Bonchev–Trinajstić information content (AvgIpc) is 2.28. The van der Waals surface area contributed by atoms with E-state index in [1.165, 1.54) is 10.9 Å². The maximum atomic E-state index is 11.9. The summed E-state index contributed by atoms with van der Waals surface area (Å²) in [6.45, 7) is 0.958. The molecule has 0 amide bonds. The molecule has 2 aromatic heterocycles. The maximum Gasteiger partial charge on any atom is 0.279 e. The Kier molecular flexibility index (Phi) is 3.31. The van der Waals surface area contributed by atoms with Crippen LogP contribution in [0.15, 0.2) is 27.9 Å². The lowest BCUT2D eigenvalue weighted by Crippen LogP contribution is -2.23. The normalized spacial score (nSPS) is 10.9. The first kappa shape index (κ1) is 11.2. The molecule has 16 heavy (non-hydrogen) atoms. The van der Waals surface area contributed by atoms with Crippen LogP contribution < -0.4 is 5.56 Å². The van der Waals surface area contributed by atoms with Gasteiger partial charge in [0.25, 0.3) is 5.56 Å². The Morgan fingerprint density at radius 2 is 2.31 bits per heavy atom. The Labute approximate surface area is 100 Å². The first-order chi connectivity index (χ1) is 7.72. The molecular weight excluding hydrogens is 274 g/mol. The number of fused-ring (bicyclic) bond motifs is 1. The fraction of sp³-hybridized carbons (Fsp3) is 0.300. The van der Waals surface area contributed by atoms with Crippen LogP contribution in [-0.2, 0) is 11.3 Å². The van der Waals surface area contributed by atoms with E-state index in [-0.39, 0.29) is 5.56 Å². The highest BCUT2D eigenvalue weighted by molar-refractivity contribution is 9.10. The summed E-state index contributed by atoms with van der Waals surface area (Å²) in [6.07, 6.45) is 3.10. The van der Waals surface area contributed by atoms with Gasteiger partial charge in [-0.3, -0.25) is 9.36 Å². The number of methoxy groups -OCH3 is 1. The first-order valence-corrected chi connectivity index (χ1v) is 5.51. The summed E-state index contributed by atoms with van der Waals surface area (Å²) in [6, 6.07) is 1.77. The Morgan fingerprint density at radius 3 is 3.06 bits per heavy atom. The molecule has 0 radical (unpaired) electrons. The van der Waals surface area contributed by atoms with Crippen molar-refractivity contribution in [3.05, 3.63) is 33.4 Å². The fourth-order valence-corrected chi connectivity index (χ4v) is 1.68. The summed E-state index contributed by atoms with van der Waals surface area (Å²) < 4.78 is 7.22. The zero-order valence-electron chi connectivity index (χ0n) is 8.68. The van der Waals surface area contributed by atoms with E-state index in [1.54, 1.807) is 19.4 Å². The summed E-state index contributed by atoms with van der Waals surface area (Å²) in [7, 11) is 1.59. The van der Waals surface area contributed by atoms with Crippen LogP contribution in [0.5, 0.6) is 0 Å². The Morgan fingerprint density at radius 1 is 1.50 bits per heavy atom. The topological polar surface area (TPSA) is 57.0 Å². The van der Waals surface area contributed by atoms with E-state index in [1.807, 2.05) is 0 Å². The van der Waals surface area contributed by atoms with Gasteiger partial charge in [-0.15, -0.1) is 0 Å². The number of aromatic nitrogens is 3. The standard InChI is InChI=1S/C10H10BrN3O2/c1-16-3-2-14-6-13-8-4-7(11)5-12-9(8)10(14)15/h4-6H,2-3H2,1H3. The van der Waals surface area contributed by atoms with Gasteiger partial charge in [0.05, 0.1) is 25.0 Å². The van der Waals surface area contributed by atoms with E-state index in [2.05, 4.69) is 25.9 Å². The van der Waals surface area contributed by atoms with E-state index in [0.29, 0.717) is 24.2 Å². The second-order valence-corrected chi connectivity index (χ2v) is 4.17. The third-order valence-corrected chi connectivity index (χ3v) is 2.60. The van der Waals surface area contributed by atoms with Crippen molar-refractivity contribution >= 4 is 27.0 Å². The molecule has 0 unspecified atom stereocenters. The summed E-state index contributed by atoms with van der Waals surface area (Å²) in [5.74, 6) is 0. The molecule has 0 saturated carbocycles. The van der Waals surface area contributed by atoms with Crippen molar-refractivity contribution in [1.29, 1.82) is 0 Å². The van der Waals surface area contributed by atoms with Crippen LogP contribution in [-0.4, -0.2) is 28.3 Å². The molecule has 0 bridgehead atoms. The van der Waals surface area contributed by atoms with Crippen LogP contribution in [0, 0.1) is 0 Å². The molecule has 0 atom stereocenters. The SMILES string of the molecule is COCCn1cnc2cc(Br)cnc2c1=O. The van der Waals surface area contributed by atoms with Crippen molar-refractivity contribution in [3.63, 3.8) is 0 Å². The van der Waals surface area contributed by atoms with Gasteiger partial charge >= 0.3 is 0 Å². The highest BCUT2D eigenvalue weighted by Crippen LogP contribution is 2.11. The van der Waals surface area contributed by atoms with Gasteiger partial charge in [0.15, 0.2) is 5.52 Å². The largest absolute Gasteiger partial charge is 0.383 e. The van der Waals surface area contributed by atoms with Crippen molar-refractivity contribution in [2.45, 2.75) is 6.54 Å². The van der Waals surface area contributed by atoms with Crippen LogP contribution in [0.3, 0.4) is 0 Å². The third kappa shape index (κ3) is 2.12. The minimum absolute atomic E-state index is 0.144. The molecule has 0 aromatic carbocycles. The number of rotatable bonds is 3. The zero-order chi connectivity index (χ0) is 11.5. The van der Waals surface area contributed by atoms with E-state index in [4.69, 9.17) is 4.74 Å². The average molecular weight is 284 g/mol. The smallest absolute Gasteiger partial charge is 0.279 e. The molecule has 2 aromatic rings. The van der Waals surface area contributed by atoms with Gasteiger partial charge in [0, 0.05) is 17.8 Å². The van der Waals surface area contributed by atoms with Crippen molar-refractivity contribution in [2.24, 2.45) is 0 Å². The molecule has 2 heterocycles. The molecule has 6 heteroatoms. The molecule has 5 nitrogen and oxygen atoms in total. The molecule has 0 aliphatic rings. The number of nitrogens with zero attached hydrogens (tertiary/aromatic N) is 3. The molecule has 0 spiro atoms. The van der Waals surface area contributed by atoms with Crippen LogP contribution in [0.1, 0.15) is 0 Å². The van der Waals surface area contributed by atoms with Crippen LogP contribution in [0.25, 0.3) is 11.0 Å². The van der Waals surface area contributed by atoms with Gasteiger partial charge < -0.3 is 4.74 Å². The van der Waals surface area contributed by atoms with Crippen molar-refractivity contribution in [3.8, 4) is 0 Å². The second kappa shape index (κ2) is 4.71. The number of ether oxygens (including phenoxy) is 1. The molecule has 2 rings (SSSR count). The Hall–Kier alpha value is -1.27. The molecule has 0 aliphatic carbocycles. The highest BCUT2D eigenvalue weighted by atomic mass is 79.9. The van der Waals surface area contributed by atoms with Gasteiger partial charge in [-0.25, -0.2) is 9.97 Å². The summed E-state index contributed by atoms with van der Waals surface area (Å²) in [5.41, 5.74) is 0.824. The maximum absolute atomic E-state index is 11.9.